The highest BCUT2D eigenvalue weighted by Crippen LogP contribution is 2.17. The van der Waals surface area contributed by atoms with Crippen LogP contribution in [0.5, 0.6) is 0 Å². The minimum atomic E-state index is 0.681. The summed E-state index contributed by atoms with van der Waals surface area (Å²) in [6, 6.07) is 2.19. The molecule has 1 aliphatic rings. The molecule has 1 aromatic heterocycles. The van der Waals surface area contributed by atoms with Gasteiger partial charge in [0.05, 0.1) is 19.8 Å². The van der Waals surface area contributed by atoms with Gasteiger partial charge in [-0.3, -0.25) is 4.90 Å². The third kappa shape index (κ3) is 4.64. The molecule has 2 rings (SSSR count). The van der Waals surface area contributed by atoms with Gasteiger partial charge in [0.15, 0.2) is 0 Å². The van der Waals surface area contributed by atoms with E-state index in [1.165, 1.54) is 5.56 Å². The molecule has 0 saturated carbocycles. The number of hydrogen-bond acceptors (Lipinski definition) is 4. The summed E-state index contributed by atoms with van der Waals surface area (Å²) in [5, 5.41) is 3.47. The van der Waals surface area contributed by atoms with Crippen LogP contribution in [-0.2, 0) is 17.8 Å². The third-order valence-electron chi connectivity index (χ3n) is 3.42. The van der Waals surface area contributed by atoms with E-state index in [0.29, 0.717) is 5.92 Å². The van der Waals surface area contributed by atoms with Crippen molar-refractivity contribution in [3.8, 4) is 0 Å². The Balaban J connectivity index is 1.84. The molecule has 0 aliphatic carbocycles. The average Bonchev–Trinajstić information content (AvgIpc) is 2.70. The Kier molecular flexibility index (Phi) is 5.43. The largest absolute Gasteiger partial charge is 0.465 e. The second kappa shape index (κ2) is 7.08. The van der Waals surface area contributed by atoms with Crippen molar-refractivity contribution in [3.05, 3.63) is 23.2 Å². The summed E-state index contributed by atoms with van der Waals surface area (Å²) < 4.78 is 11.2. The normalized spacial score (nSPS) is 17.3. The van der Waals surface area contributed by atoms with Gasteiger partial charge in [-0.2, -0.15) is 0 Å². The lowest BCUT2D eigenvalue weighted by atomic mass is 10.2. The molecule has 0 aromatic carbocycles. The van der Waals surface area contributed by atoms with Crippen LogP contribution >= 0.6 is 0 Å². The number of hydrogen-bond donors (Lipinski definition) is 1. The van der Waals surface area contributed by atoms with Crippen LogP contribution in [0.3, 0.4) is 0 Å². The summed E-state index contributed by atoms with van der Waals surface area (Å²) >= 11 is 0. The first-order valence-electron chi connectivity index (χ1n) is 7.24. The van der Waals surface area contributed by atoms with Gasteiger partial charge in [0, 0.05) is 25.2 Å². The van der Waals surface area contributed by atoms with Crippen molar-refractivity contribution in [2.24, 2.45) is 5.92 Å². The van der Waals surface area contributed by atoms with Gasteiger partial charge >= 0.3 is 0 Å². The summed E-state index contributed by atoms with van der Waals surface area (Å²) in [7, 11) is 0. The molecule has 4 heteroatoms. The maximum Gasteiger partial charge on any atom is 0.118 e. The van der Waals surface area contributed by atoms with Gasteiger partial charge in [0.2, 0.25) is 0 Å². The van der Waals surface area contributed by atoms with E-state index in [0.717, 1.165) is 57.5 Å². The molecule has 1 fully saturated rings. The number of ether oxygens (including phenoxy) is 1. The zero-order valence-electron chi connectivity index (χ0n) is 12.4. The fraction of sp³-hybridized carbons (Fsp3) is 0.733. The van der Waals surface area contributed by atoms with E-state index in [4.69, 9.17) is 9.15 Å². The Morgan fingerprint density at radius 1 is 1.32 bits per heavy atom. The first-order chi connectivity index (χ1) is 9.15. The third-order valence-corrected chi connectivity index (χ3v) is 3.42. The van der Waals surface area contributed by atoms with Crippen LogP contribution < -0.4 is 5.32 Å². The Morgan fingerprint density at radius 3 is 2.74 bits per heavy atom. The van der Waals surface area contributed by atoms with E-state index in [9.17, 15) is 0 Å². The van der Waals surface area contributed by atoms with Crippen LogP contribution in [0, 0.1) is 12.8 Å². The predicted molar refractivity (Wildman–Crippen MR) is 76.1 cm³/mol. The summed E-state index contributed by atoms with van der Waals surface area (Å²) in [5.41, 5.74) is 1.28. The topological polar surface area (TPSA) is 37.6 Å². The van der Waals surface area contributed by atoms with E-state index in [1.54, 1.807) is 0 Å². The molecule has 2 heterocycles. The van der Waals surface area contributed by atoms with Gasteiger partial charge in [0.1, 0.15) is 11.5 Å². The molecule has 1 saturated heterocycles. The van der Waals surface area contributed by atoms with Gasteiger partial charge in [-0.15, -0.1) is 0 Å². The number of aryl methyl sites for hydroxylation is 1. The van der Waals surface area contributed by atoms with E-state index in [1.807, 2.05) is 0 Å². The van der Waals surface area contributed by atoms with Crippen molar-refractivity contribution >= 4 is 0 Å². The summed E-state index contributed by atoms with van der Waals surface area (Å²) in [4.78, 5) is 2.38. The van der Waals surface area contributed by atoms with Crippen LogP contribution in [0.15, 0.2) is 10.5 Å². The zero-order chi connectivity index (χ0) is 13.7. The van der Waals surface area contributed by atoms with Gasteiger partial charge < -0.3 is 14.5 Å². The van der Waals surface area contributed by atoms with Crippen molar-refractivity contribution < 1.29 is 9.15 Å². The molecule has 0 radical (unpaired) electrons. The predicted octanol–water partition coefficient (Wildman–Crippen LogP) is 2.17. The highest BCUT2D eigenvalue weighted by molar-refractivity contribution is 5.20. The quantitative estimate of drug-likeness (QED) is 0.856. The molecule has 0 atom stereocenters. The number of rotatable bonds is 6. The van der Waals surface area contributed by atoms with Crippen LogP contribution in [0.4, 0.5) is 0 Å². The second-order valence-electron chi connectivity index (χ2n) is 5.71. The lowest BCUT2D eigenvalue weighted by Gasteiger charge is -2.25. The van der Waals surface area contributed by atoms with Gasteiger partial charge in [-0.25, -0.2) is 0 Å². The minimum Gasteiger partial charge on any atom is -0.465 e. The van der Waals surface area contributed by atoms with Crippen LogP contribution in [0.2, 0.25) is 0 Å². The van der Waals surface area contributed by atoms with E-state index < -0.39 is 0 Å². The summed E-state index contributed by atoms with van der Waals surface area (Å²) in [6.07, 6.45) is 0. The van der Waals surface area contributed by atoms with E-state index >= 15 is 0 Å². The zero-order valence-corrected chi connectivity index (χ0v) is 12.4. The molecule has 1 N–H and O–H groups in total. The van der Waals surface area contributed by atoms with Gasteiger partial charge in [-0.05, 0) is 25.5 Å². The van der Waals surface area contributed by atoms with Crippen LogP contribution in [0.25, 0.3) is 0 Å². The maximum absolute atomic E-state index is 5.85. The number of morpholine rings is 1. The Labute approximate surface area is 116 Å². The monoisotopic (exact) mass is 266 g/mol. The molecular formula is C15H26N2O2. The Morgan fingerprint density at radius 2 is 2.05 bits per heavy atom. The first kappa shape index (κ1) is 14.6. The molecule has 4 nitrogen and oxygen atoms in total. The standard InChI is InChI=1S/C15H26N2O2/c1-12(2)9-16-10-14-8-15(19-13(14)3)11-17-4-6-18-7-5-17/h8,12,16H,4-7,9-11H2,1-3H3. The molecule has 19 heavy (non-hydrogen) atoms. The summed E-state index contributed by atoms with van der Waals surface area (Å²) in [6.45, 7) is 13.0. The van der Waals surface area contributed by atoms with Crippen LogP contribution in [0.1, 0.15) is 30.9 Å². The van der Waals surface area contributed by atoms with E-state index in [-0.39, 0.29) is 0 Å². The fourth-order valence-electron chi connectivity index (χ4n) is 2.32. The van der Waals surface area contributed by atoms with Gasteiger partial charge in [-0.1, -0.05) is 13.8 Å². The molecule has 0 spiro atoms. The Hall–Kier alpha value is -0.840. The summed E-state index contributed by atoms with van der Waals surface area (Å²) in [5.74, 6) is 2.79. The SMILES string of the molecule is Cc1oc(CN2CCOCC2)cc1CNCC(C)C. The smallest absolute Gasteiger partial charge is 0.118 e. The number of nitrogens with one attached hydrogen (secondary N) is 1. The molecule has 1 aromatic rings. The molecule has 0 unspecified atom stereocenters. The molecule has 0 bridgehead atoms. The van der Waals surface area contributed by atoms with E-state index in [2.05, 4.69) is 37.1 Å². The highest BCUT2D eigenvalue weighted by atomic mass is 16.5. The number of furan rings is 1. The van der Waals surface area contributed by atoms with Crippen molar-refractivity contribution in [2.75, 3.05) is 32.8 Å². The van der Waals surface area contributed by atoms with Crippen molar-refractivity contribution in [1.82, 2.24) is 10.2 Å². The van der Waals surface area contributed by atoms with Crippen molar-refractivity contribution in [2.45, 2.75) is 33.9 Å². The van der Waals surface area contributed by atoms with Gasteiger partial charge in [0.25, 0.3) is 0 Å². The second-order valence-corrected chi connectivity index (χ2v) is 5.71. The first-order valence-corrected chi connectivity index (χ1v) is 7.24. The highest BCUT2D eigenvalue weighted by Gasteiger charge is 2.14. The minimum absolute atomic E-state index is 0.681. The lowest BCUT2D eigenvalue weighted by Crippen LogP contribution is -2.35. The molecular weight excluding hydrogens is 240 g/mol. The average molecular weight is 266 g/mol. The fourth-order valence-corrected chi connectivity index (χ4v) is 2.32. The maximum atomic E-state index is 5.85. The molecule has 1 aliphatic heterocycles. The van der Waals surface area contributed by atoms with Crippen LogP contribution in [-0.4, -0.2) is 37.7 Å². The molecule has 108 valence electrons. The molecule has 0 amide bonds. The number of nitrogens with zero attached hydrogens (tertiary/aromatic N) is 1. The van der Waals surface area contributed by atoms with Crippen molar-refractivity contribution in [3.63, 3.8) is 0 Å². The van der Waals surface area contributed by atoms with Crippen molar-refractivity contribution in [1.29, 1.82) is 0 Å². The Bertz CT molecular complexity index is 381. The lowest BCUT2D eigenvalue weighted by molar-refractivity contribution is 0.0312.